The number of rotatable bonds is 7. The summed E-state index contributed by atoms with van der Waals surface area (Å²) in [5, 5.41) is 16.5. The van der Waals surface area contributed by atoms with Crippen LogP contribution >= 0.6 is 0 Å². The molecule has 2 fully saturated rings. The summed E-state index contributed by atoms with van der Waals surface area (Å²) < 4.78 is 5.36. The van der Waals surface area contributed by atoms with Gasteiger partial charge < -0.3 is 19.8 Å². The van der Waals surface area contributed by atoms with Crippen LogP contribution in [0.2, 0.25) is 0 Å². The summed E-state index contributed by atoms with van der Waals surface area (Å²) in [6, 6.07) is 0.125. The number of β-amino-alcohol motifs (C(OH)–C–C–N with tert-alkyl or cyclic N) is 1. The van der Waals surface area contributed by atoms with Crippen LogP contribution in [0.1, 0.15) is 56.3 Å². The molecule has 3 rings (SSSR count). The molecule has 118 valence electrons. The van der Waals surface area contributed by atoms with Crippen molar-refractivity contribution in [2.75, 3.05) is 32.8 Å². The summed E-state index contributed by atoms with van der Waals surface area (Å²) in [4.78, 5) is 6.83. The lowest BCUT2D eigenvalue weighted by Crippen LogP contribution is -2.39. The maximum Gasteiger partial charge on any atom is 0.243 e. The van der Waals surface area contributed by atoms with Gasteiger partial charge in [0.05, 0.1) is 12.6 Å². The Hall–Kier alpha value is -0.980. The molecule has 2 heterocycles. The smallest absolute Gasteiger partial charge is 0.243 e. The molecule has 0 spiro atoms. The molecular formula is C15H26N4O2. The molecule has 1 aromatic rings. The molecule has 6 nitrogen and oxygen atoms in total. The van der Waals surface area contributed by atoms with Crippen LogP contribution in [0, 0.1) is 5.92 Å². The molecule has 1 saturated carbocycles. The van der Waals surface area contributed by atoms with Gasteiger partial charge in [0.1, 0.15) is 0 Å². The lowest BCUT2D eigenvalue weighted by molar-refractivity contribution is 0.145. The molecular weight excluding hydrogens is 268 g/mol. The zero-order valence-corrected chi connectivity index (χ0v) is 12.8. The van der Waals surface area contributed by atoms with Crippen LogP contribution in [0.15, 0.2) is 4.52 Å². The highest BCUT2D eigenvalue weighted by Crippen LogP contribution is 2.38. The van der Waals surface area contributed by atoms with E-state index in [1.54, 1.807) is 0 Å². The average Bonchev–Trinajstić information content (AvgIpc) is 3.24. The third kappa shape index (κ3) is 4.02. The van der Waals surface area contributed by atoms with Crippen LogP contribution in [0.3, 0.4) is 0 Å². The number of aliphatic hydroxyl groups is 1. The Bertz CT molecular complexity index is 439. The number of aliphatic hydroxyl groups excluding tert-OH is 1. The second-order valence-electron chi connectivity index (χ2n) is 6.40. The molecule has 6 heteroatoms. The van der Waals surface area contributed by atoms with Crippen molar-refractivity contribution in [1.29, 1.82) is 0 Å². The van der Waals surface area contributed by atoms with Crippen molar-refractivity contribution in [1.82, 2.24) is 20.4 Å². The lowest BCUT2D eigenvalue weighted by Gasteiger charge is -2.31. The fourth-order valence-electron chi connectivity index (χ4n) is 2.92. The number of likely N-dealkylation sites (tertiary alicyclic amines) is 1. The van der Waals surface area contributed by atoms with E-state index < -0.39 is 0 Å². The summed E-state index contributed by atoms with van der Waals surface area (Å²) in [6.07, 6.45) is 4.79. The van der Waals surface area contributed by atoms with Gasteiger partial charge in [-0.3, -0.25) is 0 Å². The van der Waals surface area contributed by atoms with E-state index in [-0.39, 0.29) is 12.6 Å². The maximum atomic E-state index is 8.95. The van der Waals surface area contributed by atoms with Gasteiger partial charge in [-0.15, -0.1) is 0 Å². The third-order valence-corrected chi connectivity index (χ3v) is 4.61. The van der Waals surface area contributed by atoms with Crippen molar-refractivity contribution < 1.29 is 9.63 Å². The van der Waals surface area contributed by atoms with Crippen LogP contribution in [-0.2, 0) is 0 Å². The van der Waals surface area contributed by atoms with Crippen molar-refractivity contribution in [2.45, 2.75) is 44.6 Å². The van der Waals surface area contributed by atoms with Gasteiger partial charge in [0.15, 0.2) is 5.82 Å². The maximum absolute atomic E-state index is 8.95. The molecule has 0 amide bonds. The first-order chi connectivity index (χ1) is 10.3. The van der Waals surface area contributed by atoms with E-state index in [2.05, 4.69) is 27.3 Å². The fourth-order valence-corrected chi connectivity index (χ4v) is 2.92. The average molecular weight is 294 g/mol. The number of nitrogens with one attached hydrogen (secondary N) is 1. The Morgan fingerprint density at radius 3 is 2.76 bits per heavy atom. The SMILES string of the molecule is CC(NCC1CCN(CCO)CC1)c1nc(C2CC2)no1. The predicted octanol–water partition coefficient (Wildman–Crippen LogP) is 1.30. The molecule has 2 N–H and O–H groups in total. The Labute approximate surface area is 125 Å². The Kier molecular flexibility index (Phi) is 4.87. The second kappa shape index (κ2) is 6.85. The molecule has 0 aromatic carbocycles. The fraction of sp³-hybridized carbons (Fsp3) is 0.867. The van der Waals surface area contributed by atoms with Gasteiger partial charge in [0, 0.05) is 12.5 Å². The standard InChI is InChI=1S/C15H26N4O2/c1-11(15-17-14(18-21-15)13-2-3-13)16-10-12-4-6-19(7-5-12)8-9-20/h11-13,16,20H,2-10H2,1H3. The van der Waals surface area contributed by atoms with E-state index in [1.807, 2.05) is 0 Å². The van der Waals surface area contributed by atoms with Gasteiger partial charge in [0.2, 0.25) is 5.89 Å². The Balaban J connectivity index is 1.40. The largest absolute Gasteiger partial charge is 0.395 e. The molecule has 0 bridgehead atoms. The molecule has 0 radical (unpaired) electrons. The number of hydrogen-bond donors (Lipinski definition) is 2. The molecule has 1 atom stereocenters. The minimum Gasteiger partial charge on any atom is -0.395 e. The minimum atomic E-state index is 0.125. The van der Waals surface area contributed by atoms with Crippen molar-refractivity contribution >= 4 is 0 Å². The highest BCUT2D eigenvalue weighted by atomic mass is 16.5. The van der Waals surface area contributed by atoms with Crippen LogP contribution in [0.25, 0.3) is 0 Å². The molecule has 2 aliphatic rings. The van der Waals surface area contributed by atoms with E-state index in [9.17, 15) is 0 Å². The van der Waals surface area contributed by atoms with Gasteiger partial charge in [0.25, 0.3) is 0 Å². The summed E-state index contributed by atoms with van der Waals surface area (Å²) >= 11 is 0. The van der Waals surface area contributed by atoms with E-state index in [0.29, 0.717) is 11.8 Å². The first-order valence-electron chi connectivity index (χ1n) is 8.16. The van der Waals surface area contributed by atoms with Crippen LogP contribution < -0.4 is 5.32 Å². The van der Waals surface area contributed by atoms with Crippen molar-refractivity contribution in [3.8, 4) is 0 Å². The van der Waals surface area contributed by atoms with E-state index in [4.69, 9.17) is 9.63 Å². The van der Waals surface area contributed by atoms with Gasteiger partial charge in [-0.2, -0.15) is 4.98 Å². The Morgan fingerprint density at radius 1 is 1.33 bits per heavy atom. The van der Waals surface area contributed by atoms with Crippen molar-refractivity contribution in [2.24, 2.45) is 5.92 Å². The first-order valence-corrected chi connectivity index (χ1v) is 8.16. The summed E-state index contributed by atoms with van der Waals surface area (Å²) in [7, 11) is 0. The summed E-state index contributed by atoms with van der Waals surface area (Å²) in [5.41, 5.74) is 0. The first kappa shape index (κ1) is 14.9. The lowest BCUT2D eigenvalue weighted by atomic mass is 9.96. The molecule has 1 unspecified atom stereocenters. The molecule has 1 aromatic heterocycles. The highest BCUT2D eigenvalue weighted by Gasteiger charge is 2.29. The number of piperidine rings is 1. The second-order valence-corrected chi connectivity index (χ2v) is 6.40. The molecule has 1 aliphatic carbocycles. The monoisotopic (exact) mass is 294 g/mol. The number of hydrogen-bond acceptors (Lipinski definition) is 6. The van der Waals surface area contributed by atoms with E-state index >= 15 is 0 Å². The third-order valence-electron chi connectivity index (χ3n) is 4.61. The number of aromatic nitrogens is 2. The highest BCUT2D eigenvalue weighted by molar-refractivity contribution is 5.04. The van der Waals surface area contributed by atoms with E-state index in [0.717, 1.165) is 37.9 Å². The molecule has 1 aliphatic heterocycles. The summed E-state index contributed by atoms with van der Waals surface area (Å²) in [5.74, 6) is 2.85. The zero-order valence-electron chi connectivity index (χ0n) is 12.8. The molecule has 1 saturated heterocycles. The van der Waals surface area contributed by atoms with Crippen LogP contribution in [-0.4, -0.2) is 52.9 Å². The van der Waals surface area contributed by atoms with Crippen molar-refractivity contribution in [3.63, 3.8) is 0 Å². The van der Waals surface area contributed by atoms with Gasteiger partial charge in [-0.1, -0.05) is 5.16 Å². The molecule has 21 heavy (non-hydrogen) atoms. The van der Waals surface area contributed by atoms with Crippen LogP contribution in [0.5, 0.6) is 0 Å². The topological polar surface area (TPSA) is 74.4 Å². The Morgan fingerprint density at radius 2 is 2.10 bits per heavy atom. The summed E-state index contributed by atoms with van der Waals surface area (Å²) in [6.45, 7) is 6.34. The normalized spacial score (nSPS) is 22.6. The minimum absolute atomic E-state index is 0.125. The van der Waals surface area contributed by atoms with Crippen molar-refractivity contribution in [3.05, 3.63) is 11.7 Å². The van der Waals surface area contributed by atoms with Crippen LogP contribution in [0.4, 0.5) is 0 Å². The quantitative estimate of drug-likeness (QED) is 0.789. The van der Waals surface area contributed by atoms with Gasteiger partial charge in [-0.05, 0) is 58.2 Å². The number of nitrogens with zero attached hydrogens (tertiary/aromatic N) is 3. The predicted molar refractivity (Wildman–Crippen MR) is 78.9 cm³/mol. The van der Waals surface area contributed by atoms with Gasteiger partial charge >= 0.3 is 0 Å². The van der Waals surface area contributed by atoms with E-state index in [1.165, 1.54) is 25.7 Å². The van der Waals surface area contributed by atoms with Gasteiger partial charge in [-0.25, -0.2) is 0 Å². The zero-order chi connectivity index (χ0) is 14.7.